The van der Waals surface area contributed by atoms with Gasteiger partial charge >= 0.3 is 0 Å². The van der Waals surface area contributed by atoms with Gasteiger partial charge in [0.15, 0.2) is 5.11 Å². The number of methoxy groups -OCH3 is 2. The summed E-state index contributed by atoms with van der Waals surface area (Å²) in [5.74, 6) is 1.00. The number of hydrogen-bond donors (Lipinski definition) is 1. The molecule has 0 bridgehead atoms. The van der Waals surface area contributed by atoms with Crippen LogP contribution in [0, 0.1) is 5.82 Å². The Morgan fingerprint density at radius 1 is 1.07 bits per heavy atom. The van der Waals surface area contributed by atoms with Crippen molar-refractivity contribution in [2.75, 3.05) is 19.5 Å². The van der Waals surface area contributed by atoms with E-state index in [9.17, 15) is 4.39 Å². The second kappa shape index (κ2) is 9.84. The molecule has 5 nitrogen and oxygen atoms in total. The Kier molecular flexibility index (Phi) is 6.97. The summed E-state index contributed by atoms with van der Waals surface area (Å²) in [6.07, 6.45) is 3.48. The number of benzene rings is 2. The maximum atomic E-state index is 14.2. The summed E-state index contributed by atoms with van der Waals surface area (Å²) in [5, 5.41) is 3.65. The van der Waals surface area contributed by atoms with Crippen molar-refractivity contribution in [3.05, 3.63) is 83.9 Å². The summed E-state index contributed by atoms with van der Waals surface area (Å²) >= 11 is 5.65. The van der Waals surface area contributed by atoms with Crippen LogP contribution < -0.4 is 14.8 Å². The number of anilines is 1. The van der Waals surface area contributed by atoms with Crippen LogP contribution in [0.5, 0.6) is 11.5 Å². The van der Waals surface area contributed by atoms with Crippen molar-refractivity contribution in [3.63, 3.8) is 0 Å². The number of thiocarbonyl (C=S) groups is 1. The van der Waals surface area contributed by atoms with Crippen LogP contribution in [0.3, 0.4) is 0 Å². The lowest BCUT2D eigenvalue weighted by Crippen LogP contribution is -2.34. The van der Waals surface area contributed by atoms with Crippen molar-refractivity contribution < 1.29 is 13.9 Å². The Morgan fingerprint density at radius 3 is 2.59 bits per heavy atom. The van der Waals surface area contributed by atoms with Crippen LogP contribution in [-0.2, 0) is 13.1 Å². The first-order valence-corrected chi connectivity index (χ1v) is 9.42. The highest BCUT2D eigenvalue weighted by molar-refractivity contribution is 7.80. The maximum absolute atomic E-state index is 14.2. The number of rotatable bonds is 7. The lowest BCUT2D eigenvalue weighted by molar-refractivity contribution is 0.393. The molecule has 0 saturated heterocycles. The molecule has 0 unspecified atom stereocenters. The van der Waals surface area contributed by atoms with E-state index in [0.717, 1.165) is 5.56 Å². The molecule has 0 aliphatic carbocycles. The Morgan fingerprint density at radius 2 is 1.90 bits per heavy atom. The molecular weight excluding hydrogens is 389 g/mol. The second-order valence-corrected chi connectivity index (χ2v) is 6.69. The number of pyridine rings is 1. The van der Waals surface area contributed by atoms with Crippen LogP contribution in [0.4, 0.5) is 10.1 Å². The van der Waals surface area contributed by atoms with E-state index in [2.05, 4.69) is 10.3 Å². The van der Waals surface area contributed by atoms with Gasteiger partial charge in [-0.15, -0.1) is 0 Å². The molecule has 3 aromatic rings. The third-order valence-electron chi connectivity index (χ3n) is 4.35. The van der Waals surface area contributed by atoms with Gasteiger partial charge in [0.05, 0.1) is 19.9 Å². The molecule has 150 valence electrons. The van der Waals surface area contributed by atoms with Crippen LogP contribution in [0.1, 0.15) is 11.1 Å². The van der Waals surface area contributed by atoms with Crippen molar-refractivity contribution in [1.82, 2.24) is 9.88 Å². The minimum absolute atomic E-state index is 0.270. The molecule has 2 aromatic carbocycles. The van der Waals surface area contributed by atoms with Gasteiger partial charge in [0, 0.05) is 37.1 Å². The number of nitrogens with one attached hydrogen (secondary N) is 1. The smallest absolute Gasteiger partial charge is 0.174 e. The molecule has 0 spiro atoms. The highest BCUT2D eigenvalue weighted by atomic mass is 32.1. The molecule has 1 N–H and O–H groups in total. The number of ether oxygens (including phenoxy) is 2. The zero-order valence-corrected chi connectivity index (χ0v) is 17.1. The Labute approximate surface area is 175 Å². The van der Waals surface area contributed by atoms with Crippen LogP contribution in [0.15, 0.2) is 67.0 Å². The quantitative estimate of drug-likeness (QED) is 0.572. The molecule has 29 heavy (non-hydrogen) atoms. The number of halogens is 1. The summed E-state index contributed by atoms with van der Waals surface area (Å²) < 4.78 is 24.9. The lowest BCUT2D eigenvalue weighted by Gasteiger charge is -2.27. The van der Waals surface area contributed by atoms with Gasteiger partial charge in [0.25, 0.3) is 0 Å². The molecule has 7 heteroatoms. The first kappa shape index (κ1) is 20.5. The Balaban J connectivity index is 1.85. The highest BCUT2D eigenvalue weighted by Crippen LogP contribution is 2.29. The molecule has 0 amide bonds. The fourth-order valence-electron chi connectivity index (χ4n) is 2.84. The Bertz CT molecular complexity index is 969. The van der Waals surface area contributed by atoms with Gasteiger partial charge in [-0.1, -0.05) is 24.3 Å². The fraction of sp³-hybridized carbons (Fsp3) is 0.182. The monoisotopic (exact) mass is 411 g/mol. The van der Waals surface area contributed by atoms with E-state index in [1.807, 2.05) is 35.2 Å². The minimum atomic E-state index is -0.270. The maximum Gasteiger partial charge on any atom is 0.174 e. The van der Waals surface area contributed by atoms with E-state index in [1.54, 1.807) is 44.8 Å². The predicted octanol–water partition coefficient (Wildman–Crippen LogP) is 4.64. The predicted molar refractivity (Wildman–Crippen MR) is 116 cm³/mol. The topological polar surface area (TPSA) is 46.6 Å². The van der Waals surface area contributed by atoms with Crippen LogP contribution in [-0.4, -0.2) is 29.2 Å². The van der Waals surface area contributed by atoms with E-state index in [4.69, 9.17) is 21.7 Å². The minimum Gasteiger partial charge on any atom is -0.497 e. The zero-order valence-electron chi connectivity index (χ0n) is 16.3. The standard InChI is InChI=1S/C22H22FN3O2S/c1-27-18-9-10-20(21(12-18)28-2)25-22(29)26(14-16-6-5-11-24-13-16)15-17-7-3-4-8-19(17)23/h3-13H,14-15H2,1-2H3,(H,25,29). The van der Waals surface area contributed by atoms with Crippen molar-refractivity contribution in [1.29, 1.82) is 0 Å². The summed E-state index contributed by atoms with van der Waals surface area (Å²) in [6, 6.07) is 15.9. The molecule has 1 aromatic heterocycles. The van der Waals surface area contributed by atoms with Gasteiger partial charge in [-0.3, -0.25) is 4.98 Å². The molecule has 0 aliphatic heterocycles. The summed E-state index contributed by atoms with van der Waals surface area (Å²) in [6.45, 7) is 0.790. The molecular formula is C22H22FN3O2S. The molecule has 3 rings (SSSR count). The third kappa shape index (κ3) is 5.42. The van der Waals surface area contributed by atoms with E-state index in [-0.39, 0.29) is 5.82 Å². The molecule has 0 radical (unpaired) electrons. The molecule has 0 fully saturated rings. The van der Waals surface area contributed by atoms with Crippen molar-refractivity contribution in [2.24, 2.45) is 0 Å². The van der Waals surface area contributed by atoms with Gasteiger partial charge in [-0.25, -0.2) is 4.39 Å². The van der Waals surface area contributed by atoms with E-state index >= 15 is 0 Å². The average molecular weight is 412 g/mol. The molecule has 0 saturated carbocycles. The van der Waals surface area contributed by atoms with Gasteiger partial charge in [0.1, 0.15) is 17.3 Å². The molecule has 1 heterocycles. The van der Waals surface area contributed by atoms with Crippen LogP contribution in [0.2, 0.25) is 0 Å². The van der Waals surface area contributed by atoms with Gasteiger partial charge < -0.3 is 19.7 Å². The average Bonchev–Trinajstić information content (AvgIpc) is 2.75. The largest absolute Gasteiger partial charge is 0.497 e. The normalized spacial score (nSPS) is 10.3. The summed E-state index contributed by atoms with van der Waals surface area (Å²) in [7, 11) is 3.17. The van der Waals surface area contributed by atoms with Crippen molar-refractivity contribution in [3.8, 4) is 11.5 Å². The number of hydrogen-bond acceptors (Lipinski definition) is 4. The van der Waals surface area contributed by atoms with Gasteiger partial charge in [-0.2, -0.15) is 0 Å². The lowest BCUT2D eigenvalue weighted by atomic mass is 10.2. The third-order valence-corrected chi connectivity index (χ3v) is 4.71. The fourth-order valence-corrected chi connectivity index (χ4v) is 3.08. The summed E-state index contributed by atoms with van der Waals surface area (Å²) in [5.41, 5.74) is 2.22. The zero-order chi connectivity index (χ0) is 20.6. The first-order valence-electron chi connectivity index (χ1n) is 9.01. The highest BCUT2D eigenvalue weighted by Gasteiger charge is 2.16. The van der Waals surface area contributed by atoms with Crippen molar-refractivity contribution >= 4 is 23.0 Å². The SMILES string of the molecule is COc1ccc(NC(=S)N(Cc2cccnc2)Cc2ccccc2F)c(OC)c1. The van der Waals surface area contributed by atoms with E-state index in [0.29, 0.717) is 41.0 Å². The van der Waals surface area contributed by atoms with E-state index < -0.39 is 0 Å². The number of aromatic nitrogens is 1. The van der Waals surface area contributed by atoms with E-state index in [1.165, 1.54) is 6.07 Å². The second-order valence-electron chi connectivity index (χ2n) is 6.31. The summed E-state index contributed by atoms with van der Waals surface area (Å²) in [4.78, 5) is 6.04. The first-order chi connectivity index (χ1) is 14.1. The van der Waals surface area contributed by atoms with Gasteiger partial charge in [-0.05, 0) is 42.0 Å². The molecule has 0 aliphatic rings. The van der Waals surface area contributed by atoms with Crippen LogP contribution >= 0.6 is 12.2 Å². The van der Waals surface area contributed by atoms with Crippen molar-refractivity contribution in [2.45, 2.75) is 13.1 Å². The van der Waals surface area contributed by atoms with Gasteiger partial charge in [0.2, 0.25) is 0 Å². The number of nitrogens with zero attached hydrogens (tertiary/aromatic N) is 2. The Hall–Kier alpha value is -3.19. The molecule has 0 atom stereocenters. The van der Waals surface area contributed by atoms with Crippen LogP contribution in [0.25, 0.3) is 0 Å².